The number of alkyl halides is 6. The van der Waals surface area contributed by atoms with Crippen molar-refractivity contribution in [2.24, 2.45) is 5.73 Å². The molecule has 0 aromatic heterocycles. The van der Waals surface area contributed by atoms with Gasteiger partial charge in [-0.25, -0.2) is 13.2 Å². The van der Waals surface area contributed by atoms with Gasteiger partial charge in [-0.1, -0.05) is 18.2 Å². The average molecular weight is 565 g/mol. The highest BCUT2D eigenvalue weighted by molar-refractivity contribution is 7.90. The number of carbonyl (C=O) groups excluding carboxylic acids is 2. The number of hydrogen-bond donors (Lipinski definition) is 2. The molecule has 1 aliphatic heterocycles. The molecule has 15 heteroatoms. The number of aliphatic hydroxyl groups is 1. The van der Waals surface area contributed by atoms with E-state index in [0.29, 0.717) is 30.5 Å². The lowest BCUT2D eigenvalue weighted by molar-refractivity contribution is -0.376. The molecule has 0 radical (unpaired) electrons. The van der Waals surface area contributed by atoms with E-state index in [1.807, 2.05) is 0 Å². The highest BCUT2D eigenvalue weighted by atomic mass is 32.2. The minimum absolute atomic E-state index is 0.0507. The van der Waals surface area contributed by atoms with Crippen molar-refractivity contribution in [1.29, 1.82) is 0 Å². The summed E-state index contributed by atoms with van der Waals surface area (Å²) in [6.45, 7) is -0.188. The van der Waals surface area contributed by atoms with Crippen LogP contribution in [0.15, 0.2) is 47.4 Å². The standard InChI is InChI=1S/C23H21F6N3O5S/c1-38(36,37)16-8-9-17-12(10-16)11-31(20(30)34)18(17)19(33)32(15-6-7-15)14-4-2-13(3-5-14)21(35,22(24,25)26)23(27,28)29/h2-5,8-10,15,18,35H,6-7,11H2,1H3,(H2,30,34). The second-order valence-corrected chi connectivity index (χ2v) is 11.2. The Bertz CT molecular complexity index is 1370. The minimum atomic E-state index is -6.07. The molecule has 0 spiro atoms. The normalized spacial score (nSPS) is 18.3. The quantitative estimate of drug-likeness (QED) is 0.538. The molecular formula is C23H21F6N3O5S. The van der Waals surface area contributed by atoms with Gasteiger partial charge in [-0.05, 0) is 48.2 Å². The fourth-order valence-electron chi connectivity index (χ4n) is 4.46. The number of sulfone groups is 1. The van der Waals surface area contributed by atoms with E-state index in [1.165, 1.54) is 18.2 Å². The number of anilines is 1. The molecule has 4 rings (SSSR count). The lowest BCUT2D eigenvalue weighted by atomic mass is 9.92. The van der Waals surface area contributed by atoms with Crippen LogP contribution in [0.1, 0.15) is 35.6 Å². The fraction of sp³-hybridized carbons (Fsp3) is 0.391. The van der Waals surface area contributed by atoms with Crippen LogP contribution in [0.2, 0.25) is 0 Å². The molecule has 1 saturated carbocycles. The van der Waals surface area contributed by atoms with E-state index >= 15 is 0 Å². The smallest absolute Gasteiger partial charge is 0.369 e. The van der Waals surface area contributed by atoms with Crippen molar-refractivity contribution in [1.82, 2.24) is 4.90 Å². The van der Waals surface area contributed by atoms with E-state index in [0.717, 1.165) is 28.2 Å². The Morgan fingerprint density at radius 2 is 1.55 bits per heavy atom. The average Bonchev–Trinajstić information content (AvgIpc) is 3.54. The maximum atomic E-state index is 13.7. The largest absolute Gasteiger partial charge is 0.430 e. The van der Waals surface area contributed by atoms with Gasteiger partial charge < -0.3 is 20.6 Å². The number of primary amides is 1. The summed E-state index contributed by atoms with van der Waals surface area (Å²) in [5, 5.41) is 9.64. The van der Waals surface area contributed by atoms with E-state index in [2.05, 4.69) is 0 Å². The highest BCUT2D eigenvalue weighted by Crippen LogP contribution is 2.50. The van der Waals surface area contributed by atoms with Crippen molar-refractivity contribution in [3.8, 4) is 0 Å². The summed E-state index contributed by atoms with van der Waals surface area (Å²) < 4.78 is 103. The van der Waals surface area contributed by atoms with Gasteiger partial charge in [0.25, 0.3) is 11.5 Å². The van der Waals surface area contributed by atoms with E-state index in [-0.39, 0.29) is 22.7 Å². The van der Waals surface area contributed by atoms with Gasteiger partial charge in [0.15, 0.2) is 9.84 Å². The van der Waals surface area contributed by atoms with Crippen LogP contribution in [0.3, 0.4) is 0 Å². The predicted molar refractivity (Wildman–Crippen MR) is 120 cm³/mol. The van der Waals surface area contributed by atoms with Crippen LogP contribution in [0, 0.1) is 0 Å². The SMILES string of the molecule is CS(=O)(=O)c1ccc2c(c1)CN(C(N)=O)C2C(=O)N(c1ccc(C(O)(C(F)(F)F)C(F)(F)F)cc1)C1CC1. The van der Waals surface area contributed by atoms with Gasteiger partial charge in [0.1, 0.15) is 6.04 Å². The Kier molecular flexibility index (Phi) is 6.46. The Labute approximate surface area is 212 Å². The van der Waals surface area contributed by atoms with Crippen molar-refractivity contribution >= 4 is 27.5 Å². The first kappa shape index (κ1) is 27.7. The molecule has 1 atom stereocenters. The highest BCUT2D eigenvalue weighted by Gasteiger charge is 2.71. The first-order valence-corrected chi connectivity index (χ1v) is 13.0. The second-order valence-electron chi connectivity index (χ2n) is 9.19. The Hall–Kier alpha value is -3.33. The summed E-state index contributed by atoms with van der Waals surface area (Å²) in [7, 11) is -3.61. The molecule has 0 saturated heterocycles. The zero-order chi connectivity index (χ0) is 28.4. The topological polar surface area (TPSA) is 121 Å². The number of carbonyl (C=O) groups is 2. The van der Waals surface area contributed by atoms with Crippen LogP contribution in [-0.4, -0.2) is 55.0 Å². The van der Waals surface area contributed by atoms with Crippen LogP contribution in [0.25, 0.3) is 0 Å². The molecule has 0 bridgehead atoms. The maximum Gasteiger partial charge on any atom is 0.430 e. The molecule has 206 valence electrons. The molecule has 8 nitrogen and oxygen atoms in total. The van der Waals surface area contributed by atoms with Gasteiger partial charge in [-0.15, -0.1) is 0 Å². The molecule has 3 N–H and O–H groups in total. The first-order valence-electron chi connectivity index (χ1n) is 11.1. The number of urea groups is 1. The number of halogens is 6. The second kappa shape index (κ2) is 8.86. The minimum Gasteiger partial charge on any atom is -0.369 e. The van der Waals surface area contributed by atoms with Crippen LogP contribution in [0.4, 0.5) is 36.8 Å². The third-order valence-electron chi connectivity index (χ3n) is 6.54. The van der Waals surface area contributed by atoms with Crippen molar-refractivity contribution in [2.45, 2.75) is 54.3 Å². The first-order chi connectivity index (χ1) is 17.4. The van der Waals surface area contributed by atoms with Crippen LogP contribution in [-0.2, 0) is 26.8 Å². The Balaban J connectivity index is 1.74. The van der Waals surface area contributed by atoms with Crippen molar-refractivity contribution in [3.63, 3.8) is 0 Å². The molecule has 38 heavy (non-hydrogen) atoms. The molecule has 1 unspecified atom stereocenters. The van der Waals surface area contributed by atoms with Crippen LogP contribution in [0.5, 0.6) is 0 Å². The molecular weight excluding hydrogens is 544 g/mol. The van der Waals surface area contributed by atoms with Crippen molar-refractivity contribution in [3.05, 3.63) is 59.2 Å². The summed E-state index contributed by atoms with van der Waals surface area (Å²) in [4.78, 5) is 28.0. The number of nitrogens with zero attached hydrogens (tertiary/aromatic N) is 2. The summed E-state index contributed by atoms with van der Waals surface area (Å²) >= 11 is 0. The number of nitrogens with two attached hydrogens (primary N) is 1. The van der Waals surface area contributed by atoms with E-state index < -0.39 is 57.4 Å². The number of amides is 3. The fourth-order valence-corrected chi connectivity index (χ4v) is 5.14. The molecule has 3 amide bonds. The third kappa shape index (κ3) is 4.57. The molecule has 2 aromatic carbocycles. The van der Waals surface area contributed by atoms with Gasteiger partial charge in [0.2, 0.25) is 0 Å². The zero-order valence-corrected chi connectivity index (χ0v) is 20.4. The van der Waals surface area contributed by atoms with Crippen LogP contribution < -0.4 is 10.6 Å². The third-order valence-corrected chi connectivity index (χ3v) is 7.65. The lowest BCUT2D eigenvalue weighted by Gasteiger charge is -2.33. The van der Waals surface area contributed by atoms with Crippen LogP contribution >= 0.6 is 0 Å². The Morgan fingerprint density at radius 1 is 1.00 bits per heavy atom. The molecule has 1 heterocycles. The number of hydrogen-bond acceptors (Lipinski definition) is 5. The van der Waals surface area contributed by atoms with Gasteiger partial charge in [0, 0.05) is 30.1 Å². The summed E-state index contributed by atoms with van der Waals surface area (Å²) in [5.74, 6) is -0.730. The van der Waals surface area contributed by atoms with E-state index in [1.54, 1.807) is 0 Å². The van der Waals surface area contributed by atoms with E-state index in [9.17, 15) is 49.5 Å². The van der Waals surface area contributed by atoms with Crippen molar-refractivity contribution in [2.75, 3.05) is 11.2 Å². The van der Waals surface area contributed by atoms with Gasteiger partial charge in [0.05, 0.1) is 4.90 Å². The lowest BCUT2D eigenvalue weighted by Crippen LogP contribution is -2.53. The predicted octanol–water partition coefficient (Wildman–Crippen LogP) is 3.53. The molecule has 2 aromatic rings. The van der Waals surface area contributed by atoms with Gasteiger partial charge in [-0.3, -0.25) is 4.79 Å². The summed E-state index contributed by atoms with van der Waals surface area (Å²) in [6, 6.07) is 3.74. The summed E-state index contributed by atoms with van der Waals surface area (Å²) in [6.07, 6.45) is -10.2. The monoisotopic (exact) mass is 565 g/mol. The van der Waals surface area contributed by atoms with E-state index in [4.69, 9.17) is 5.73 Å². The van der Waals surface area contributed by atoms with Gasteiger partial charge >= 0.3 is 18.4 Å². The number of fused-ring (bicyclic) bond motifs is 1. The number of rotatable bonds is 5. The molecule has 2 aliphatic rings. The van der Waals surface area contributed by atoms with Crippen molar-refractivity contribution < 1.29 is 49.5 Å². The molecule has 1 aliphatic carbocycles. The summed E-state index contributed by atoms with van der Waals surface area (Å²) in [5.41, 5.74) is -0.574. The zero-order valence-electron chi connectivity index (χ0n) is 19.5. The van der Waals surface area contributed by atoms with Gasteiger partial charge in [-0.2, -0.15) is 26.3 Å². The molecule has 1 fully saturated rings. The Morgan fingerprint density at radius 3 is 2.00 bits per heavy atom. The number of benzene rings is 2. The maximum absolute atomic E-state index is 13.7.